The van der Waals surface area contributed by atoms with Gasteiger partial charge in [0.2, 0.25) is 11.8 Å². The maximum atomic E-state index is 12.4. The molecule has 27 heavy (non-hydrogen) atoms. The van der Waals surface area contributed by atoms with Crippen LogP contribution in [0.2, 0.25) is 0 Å². The zero-order valence-corrected chi connectivity index (χ0v) is 15.5. The number of carbonyl (C=O) groups is 2. The highest BCUT2D eigenvalue weighted by Crippen LogP contribution is 2.25. The zero-order chi connectivity index (χ0) is 19.2. The number of hydrogen-bond donors (Lipinski definition) is 1. The lowest BCUT2D eigenvalue weighted by Crippen LogP contribution is -2.30. The Bertz CT molecular complexity index is 846. The van der Waals surface area contributed by atoms with E-state index in [4.69, 9.17) is 4.74 Å². The average molecular weight is 365 g/mol. The Balaban J connectivity index is 1.61. The molecular weight excluding hydrogens is 342 g/mol. The molecule has 2 amide bonds. The average Bonchev–Trinajstić information content (AvgIpc) is 3.10. The van der Waals surface area contributed by atoms with E-state index in [1.54, 1.807) is 12.0 Å². The number of hydrazone groups is 1. The monoisotopic (exact) mass is 365 g/mol. The van der Waals surface area contributed by atoms with Crippen LogP contribution < -0.4 is 15.1 Å². The van der Waals surface area contributed by atoms with E-state index in [1.807, 2.05) is 48.5 Å². The van der Waals surface area contributed by atoms with Crippen LogP contribution in [0.1, 0.15) is 24.5 Å². The summed E-state index contributed by atoms with van der Waals surface area (Å²) in [6, 6.07) is 15.3. The molecule has 0 spiro atoms. The number of para-hydroxylation sites is 1. The van der Waals surface area contributed by atoms with Gasteiger partial charge in [-0.15, -0.1) is 0 Å². The summed E-state index contributed by atoms with van der Waals surface area (Å²) in [5, 5.41) is 4.01. The summed E-state index contributed by atoms with van der Waals surface area (Å²) in [7, 11) is 1.58. The van der Waals surface area contributed by atoms with Crippen LogP contribution in [0.4, 0.5) is 5.69 Å². The Morgan fingerprint density at radius 3 is 2.70 bits per heavy atom. The van der Waals surface area contributed by atoms with Crippen LogP contribution in [0.5, 0.6) is 5.75 Å². The van der Waals surface area contributed by atoms with Crippen LogP contribution in [0, 0.1) is 5.92 Å². The normalized spacial score (nSPS) is 16.7. The highest BCUT2D eigenvalue weighted by molar-refractivity contribution is 6.00. The summed E-state index contributed by atoms with van der Waals surface area (Å²) >= 11 is 0. The van der Waals surface area contributed by atoms with E-state index in [9.17, 15) is 9.59 Å². The number of aryl methyl sites for hydroxylation is 1. The molecule has 140 valence electrons. The number of methoxy groups -OCH3 is 1. The molecule has 1 aliphatic rings. The molecule has 1 saturated heterocycles. The zero-order valence-electron chi connectivity index (χ0n) is 15.5. The molecule has 1 atom stereocenters. The van der Waals surface area contributed by atoms with Crippen molar-refractivity contribution < 1.29 is 14.3 Å². The van der Waals surface area contributed by atoms with Gasteiger partial charge in [-0.05, 0) is 36.2 Å². The van der Waals surface area contributed by atoms with Crippen LogP contribution in [0.25, 0.3) is 0 Å². The molecule has 3 rings (SSSR count). The van der Waals surface area contributed by atoms with Crippen molar-refractivity contribution in [3.05, 3.63) is 59.7 Å². The first-order valence-corrected chi connectivity index (χ1v) is 8.97. The quantitative estimate of drug-likeness (QED) is 0.632. The molecule has 1 N–H and O–H groups in total. The fraction of sp³-hybridized carbons (Fsp3) is 0.286. The Labute approximate surface area is 158 Å². The summed E-state index contributed by atoms with van der Waals surface area (Å²) in [4.78, 5) is 26.4. The van der Waals surface area contributed by atoms with Gasteiger partial charge in [0.25, 0.3) is 0 Å². The van der Waals surface area contributed by atoms with E-state index < -0.39 is 5.92 Å². The van der Waals surface area contributed by atoms with Crippen LogP contribution in [0.3, 0.4) is 0 Å². The molecule has 0 aromatic heterocycles. The summed E-state index contributed by atoms with van der Waals surface area (Å²) in [6.07, 6.45) is 2.67. The molecule has 0 bridgehead atoms. The molecule has 0 saturated carbocycles. The second-order valence-electron chi connectivity index (χ2n) is 6.40. The Morgan fingerprint density at radius 1 is 1.26 bits per heavy atom. The largest absolute Gasteiger partial charge is 0.496 e. The predicted molar refractivity (Wildman–Crippen MR) is 105 cm³/mol. The van der Waals surface area contributed by atoms with E-state index >= 15 is 0 Å². The number of hydrogen-bond acceptors (Lipinski definition) is 4. The van der Waals surface area contributed by atoms with Gasteiger partial charge >= 0.3 is 0 Å². The summed E-state index contributed by atoms with van der Waals surface area (Å²) in [6.45, 7) is 2.45. The first kappa shape index (κ1) is 18.6. The lowest BCUT2D eigenvalue weighted by molar-refractivity contribution is -0.126. The molecule has 2 aromatic rings. The molecule has 6 heteroatoms. The maximum absolute atomic E-state index is 12.4. The van der Waals surface area contributed by atoms with Gasteiger partial charge < -0.3 is 9.64 Å². The highest BCUT2D eigenvalue weighted by atomic mass is 16.5. The first-order chi connectivity index (χ1) is 13.1. The lowest BCUT2D eigenvalue weighted by Gasteiger charge is -2.16. The highest BCUT2D eigenvalue weighted by Gasteiger charge is 2.35. The Hall–Kier alpha value is -3.15. The molecule has 2 aromatic carbocycles. The smallest absolute Gasteiger partial charge is 0.245 e. The van der Waals surface area contributed by atoms with Gasteiger partial charge in [0.15, 0.2) is 0 Å². The Kier molecular flexibility index (Phi) is 5.86. The van der Waals surface area contributed by atoms with Crippen molar-refractivity contribution in [1.29, 1.82) is 0 Å². The molecule has 1 aliphatic heterocycles. The predicted octanol–water partition coefficient (Wildman–Crippen LogP) is 2.76. The molecule has 0 aliphatic carbocycles. The fourth-order valence-corrected chi connectivity index (χ4v) is 3.07. The van der Waals surface area contributed by atoms with E-state index in [2.05, 4.69) is 17.5 Å². The number of ether oxygens (including phenoxy) is 1. The van der Waals surface area contributed by atoms with E-state index in [1.165, 1.54) is 11.8 Å². The molecule has 6 nitrogen and oxygen atoms in total. The third kappa shape index (κ3) is 4.34. The number of amides is 2. The van der Waals surface area contributed by atoms with Gasteiger partial charge in [0.05, 0.1) is 19.2 Å². The van der Waals surface area contributed by atoms with Gasteiger partial charge in [0.1, 0.15) is 5.75 Å². The van der Waals surface area contributed by atoms with Crippen molar-refractivity contribution >= 4 is 23.7 Å². The number of carbonyl (C=O) groups excluding carboxylic acids is 2. The van der Waals surface area contributed by atoms with E-state index in [0.29, 0.717) is 12.3 Å². The van der Waals surface area contributed by atoms with Crippen molar-refractivity contribution in [3.63, 3.8) is 0 Å². The topological polar surface area (TPSA) is 71.0 Å². The lowest BCUT2D eigenvalue weighted by atomic mass is 10.1. The summed E-state index contributed by atoms with van der Waals surface area (Å²) in [5.74, 6) is -0.0540. The Morgan fingerprint density at radius 2 is 2.00 bits per heavy atom. The number of benzene rings is 2. The van der Waals surface area contributed by atoms with Gasteiger partial charge in [0, 0.05) is 24.2 Å². The fourth-order valence-electron chi connectivity index (χ4n) is 3.07. The second kappa shape index (κ2) is 8.49. The third-order valence-corrected chi connectivity index (χ3v) is 4.67. The van der Waals surface area contributed by atoms with Crippen molar-refractivity contribution in [3.8, 4) is 5.75 Å². The minimum absolute atomic E-state index is 0.0480. The maximum Gasteiger partial charge on any atom is 0.245 e. The molecule has 1 fully saturated rings. The van der Waals surface area contributed by atoms with Crippen molar-refractivity contribution in [2.24, 2.45) is 11.0 Å². The van der Waals surface area contributed by atoms with Crippen LogP contribution in [-0.2, 0) is 16.0 Å². The third-order valence-electron chi connectivity index (χ3n) is 4.67. The SMILES string of the molecule is CCc1ccc(N2C[C@@H](C(=O)N/N=C/c3ccccc3OC)CC2=O)cc1. The van der Waals surface area contributed by atoms with E-state index in [-0.39, 0.29) is 18.2 Å². The van der Waals surface area contributed by atoms with Crippen LogP contribution in [0.15, 0.2) is 53.6 Å². The minimum Gasteiger partial charge on any atom is -0.496 e. The van der Waals surface area contributed by atoms with E-state index in [0.717, 1.165) is 17.7 Å². The number of anilines is 1. The van der Waals surface area contributed by atoms with Crippen molar-refractivity contribution in [2.45, 2.75) is 19.8 Å². The summed E-state index contributed by atoms with van der Waals surface area (Å²) < 4.78 is 5.24. The van der Waals surface area contributed by atoms with Gasteiger partial charge in [-0.25, -0.2) is 5.43 Å². The second-order valence-corrected chi connectivity index (χ2v) is 6.40. The van der Waals surface area contributed by atoms with Crippen molar-refractivity contribution in [2.75, 3.05) is 18.6 Å². The minimum atomic E-state index is -0.418. The van der Waals surface area contributed by atoms with Gasteiger partial charge in [-0.3, -0.25) is 9.59 Å². The van der Waals surface area contributed by atoms with Gasteiger partial charge in [-0.2, -0.15) is 5.10 Å². The summed E-state index contributed by atoms with van der Waals surface area (Å²) in [5.41, 5.74) is 5.33. The molecular formula is C21H23N3O3. The molecule has 0 radical (unpaired) electrons. The van der Waals surface area contributed by atoms with Crippen LogP contribution >= 0.6 is 0 Å². The van der Waals surface area contributed by atoms with Crippen molar-refractivity contribution in [1.82, 2.24) is 5.43 Å². The number of nitrogens with zero attached hydrogens (tertiary/aromatic N) is 2. The number of nitrogens with one attached hydrogen (secondary N) is 1. The molecule has 1 heterocycles. The number of rotatable bonds is 6. The standard InChI is InChI=1S/C21H23N3O3/c1-3-15-8-10-18(11-9-15)24-14-17(12-20(24)25)21(26)23-22-13-16-6-4-5-7-19(16)27-2/h4-11,13,17H,3,12,14H2,1-2H3,(H,23,26)/b22-13+/t17-/m0/s1. The first-order valence-electron chi connectivity index (χ1n) is 8.97. The van der Waals surface area contributed by atoms with Crippen LogP contribution in [-0.4, -0.2) is 31.7 Å². The van der Waals surface area contributed by atoms with Gasteiger partial charge in [-0.1, -0.05) is 31.2 Å². The molecule has 0 unspecified atom stereocenters.